The maximum absolute atomic E-state index is 5.12. The van der Waals surface area contributed by atoms with Crippen LogP contribution in [0.5, 0.6) is 0 Å². The van der Waals surface area contributed by atoms with Crippen molar-refractivity contribution < 1.29 is 0 Å². The van der Waals surface area contributed by atoms with Gasteiger partial charge in [-0.3, -0.25) is 0 Å². The number of hydrogen-bond donors (Lipinski definition) is 0. The summed E-state index contributed by atoms with van der Waals surface area (Å²) in [6.07, 6.45) is 0. The average Bonchev–Trinajstić information content (AvgIpc) is 4.33. The van der Waals surface area contributed by atoms with E-state index in [0.29, 0.717) is 17.5 Å². The van der Waals surface area contributed by atoms with E-state index in [4.69, 9.17) is 15.0 Å². The van der Waals surface area contributed by atoms with Gasteiger partial charge in [-0.15, -0.1) is 0 Å². The molecule has 76 heavy (non-hydrogen) atoms. The Morgan fingerprint density at radius 3 is 1.05 bits per heavy atom. The summed E-state index contributed by atoms with van der Waals surface area (Å²) in [6, 6.07) is 93.4. The molecule has 16 aromatic rings. The van der Waals surface area contributed by atoms with Crippen molar-refractivity contribution in [2.24, 2.45) is 0 Å². The lowest BCUT2D eigenvalue weighted by molar-refractivity contribution is 1.07. The molecular formula is C69H43N7. The van der Waals surface area contributed by atoms with Crippen molar-refractivity contribution in [1.82, 2.24) is 33.2 Å². The Kier molecular flexibility index (Phi) is 9.20. The fraction of sp³-hybridized carbons (Fsp3) is 0. The van der Waals surface area contributed by atoms with Crippen LogP contribution in [0.3, 0.4) is 0 Å². The maximum Gasteiger partial charge on any atom is 0.164 e. The minimum atomic E-state index is 0.615. The van der Waals surface area contributed by atoms with Gasteiger partial charge in [0.25, 0.3) is 0 Å². The number of para-hydroxylation sites is 5. The molecule has 7 nitrogen and oxygen atoms in total. The normalized spacial score (nSPS) is 11.9. The Labute approximate surface area is 436 Å². The molecule has 0 aliphatic heterocycles. The summed E-state index contributed by atoms with van der Waals surface area (Å²) < 4.78 is 9.80. The molecule has 5 aromatic heterocycles. The lowest BCUT2D eigenvalue weighted by atomic mass is 10.1. The van der Waals surface area contributed by atoms with Crippen LogP contribution in [-0.4, -0.2) is 33.2 Å². The molecule has 354 valence electrons. The van der Waals surface area contributed by atoms with Crippen LogP contribution in [0.2, 0.25) is 0 Å². The highest BCUT2D eigenvalue weighted by Gasteiger charge is 2.26. The van der Waals surface area contributed by atoms with Crippen LogP contribution in [0.15, 0.2) is 261 Å². The summed E-state index contributed by atoms with van der Waals surface area (Å²) in [4.78, 5) is 15.2. The first-order chi connectivity index (χ1) is 37.7. The smallest absolute Gasteiger partial charge is 0.164 e. The summed E-state index contributed by atoms with van der Waals surface area (Å²) in [5.74, 6) is 1.88. The van der Waals surface area contributed by atoms with Crippen molar-refractivity contribution in [3.8, 4) is 56.9 Å². The number of benzene rings is 11. The van der Waals surface area contributed by atoms with E-state index in [9.17, 15) is 0 Å². The largest absolute Gasteiger partial charge is 0.309 e. The van der Waals surface area contributed by atoms with E-state index in [1.165, 1.54) is 54.1 Å². The number of nitrogens with zero attached hydrogens (tertiary/aromatic N) is 7. The number of fused-ring (bicyclic) bond motifs is 14. The second-order valence-corrected chi connectivity index (χ2v) is 19.6. The van der Waals surface area contributed by atoms with Crippen molar-refractivity contribution >= 4 is 87.2 Å². The van der Waals surface area contributed by atoms with Gasteiger partial charge in [-0.05, 0) is 97.1 Å². The van der Waals surface area contributed by atoms with E-state index in [2.05, 4.69) is 243 Å². The van der Waals surface area contributed by atoms with Crippen LogP contribution in [0.25, 0.3) is 144 Å². The van der Waals surface area contributed by atoms with Gasteiger partial charge in [-0.25, -0.2) is 15.0 Å². The van der Waals surface area contributed by atoms with Gasteiger partial charge in [-0.1, -0.05) is 164 Å². The van der Waals surface area contributed by atoms with Gasteiger partial charge in [0.1, 0.15) is 0 Å². The second-order valence-electron chi connectivity index (χ2n) is 19.6. The molecule has 0 unspecified atom stereocenters. The Morgan fingerprint density at radius 1 is 0.211 bits per heavy atom. The van der Waals surface area contributed by atoms with Crippen molar-refractivity contribution in [1.29, 1.82) is 0 Å². The molecule has 7 heteroatoms. The van der Waals surface area contributed by atoms with Gasteiger partial charge >= 0.3 is 0 Å². The minimum absolute atomic E-state index is 0.615. The zero-order valence-corrected chi connectivity index (χ0v) is 41.0. The van der Waals surface area contributed by atoms with Crippen molar-refractivity contribution in [3.05, 3.63) is 261 Å². The summed E-state index contributed by atoms with van der Waals surface area (Å²) in [5, 5.41) is 9.58. The van der Waals surface area contributed by atoms with E-state index in [1.54, 1.807) is 0 Å². The zero-order chi connectivity index (χ0) is 49.8. The van der Waals surface area contributed by atoms with Crippen LogP contribution < -0.4 is 0 Å². The van der Waals surface area contributed by atoms with Crippen LogP contribution >= 0.6 is 0 Å². The molecule has 0 fully saturated rings. The molecule has 0 spiro atoms. The summed E-state index contributed by atoms with van der Waals surface area (Å²) >= 11 is 0. The molecule has 0 saturated carbocycles. The van der Waals surface area contributed by atoms with E-state index >= 15 is 0 Å². The third-order valence-electron chi connectivity index (χ3n) is 15.4. The first-order valence-corrected chi connectivity index (χ1v) is 25.8. The Morgan fingerprint density at radius 2 is 0.553 bits per heavy atom. The molecule has 0 bridgehead atoms. The predicted octanol–water partition coefficient (Wildman–Crippen LogP) is 17.3. The fourth-order valence-corrected chi connectivity index (χ4v) is 12.1. The Hall–Kier alpha value is -10.4. The van der Waals surface area contributed by atoms with E-state index in [0.717, 1.165) is 72.5 Å². The second kappa shape index (κ2) is 16.6. The summed E-state index contributed by atoms with van der Waals surface area (Å²) in [5.41, 5.74) is 16.4. The van der Waals surface area contributed by atoms with Crippen LogP contribution in [0.1, 0.15) is 0 Å². The first-order valence-electron chi connectivity index (χ1n) is 25.8. The molecular weight excluding hydrogens is 927 g/mol. The van der Waals surface area contributed by atoms with Gasteiger partial charge in [0.15, 0.2) is 17.5 Å². The monoisotopic (exact) mass is 969 g/mol. The molecule has 5 heterocycles. The number of hydrogen-bond acceptors (Lipinski definition) is 3. The highest BCUT2D eigenvalue weighted by atomic mass is 15.1. The van der Waals surface area contributed by atoms with Crippen LogP contribution in [-0.2, 0) is 0 Å². The molecule has 0 amide bonds. The van der Waals surface area contributed by atoms with Gasteiger partial charge in [0.2, 0.25) is 0 Å². The van der Waals surface area contributed by atoms with E-state index in [-0.39, 0.29) is 0 Å². The molecule has 0 aliphatic rings. The van der Waals surface area contributed by atoms with Crippen LogP contribution in [0.4, 0.5) is 0 Å². The quantitative estimate of drug-likeness (QED) is 0.160. The van der Waals surface area contributed by atoms with Crippen molar-refractivity contribution in [2.75, 3.05) is 0 Å². The SMILES string of the molecule is c1ccc(-c2nc(-c3ccccc3)nc(-c3ccc(-n4c5c(ccc6c5c5ccccc5n6-c5ccccc5)c5ccc6c(c7ccccc7n6-c6ccc7c(c6)c6ccccc6n7-c6ccccc6)c54)cc3)n2)cc1. The molecule has 0 saturated heterocycles. The van der Waals surface area contributed by atoms with Crippen LogP contribution in [0, 0.1) is 0 Å². The number of aromatic nitrogens is 7. The highest BCUT2D eigenvalue weighted by molar-refractivity contribution is 6.31. The van der Waals surface area contributed by atoms with E-state index < -0.39 is 0 Å². The van der Waals surface area contributed by atoms with E-state index in [1.807, 2.05) is 36.4 Å². The van der Waals surface area contributed by atoms with Gasteiger partial charge in [0.05, 0.1) is 44.1 Å². The molecule has 11 aromatic carbocycles. The molecule has 16 rings (SSSR count). The lowest BCUT2D eigenvalue weighted by Gasteiger charge is -2.13. The highest BCUT2D eigenvalue weighted by Crippen LogP contribution is 2.47. The predicted molar refractivity (Wildman–Crippen MR) is 313 cm³/mol. The van der Waals surface area contributed by atoms with Gasteiger partial charge < -0.3 is 18.3 Å². The molecule has 0 atom stereocenters. The summed E-state index contributed by atoms with van der Waals surface area (Å²) in [7, 11) is 0. The average molecular weight is 970 g/mol. The minimum Gasteiger partial charge on any atom is -0.309 e. The van der Waals surface area contributed by atoms with Crippen molar-refractivity contribution in [3.63, 3.8) is 0 Å². The number of rotatable bonds is 7. The fourth-order valence-electron chi connectivity index (χ4n) is 12.1. The lowest BCUT2D eigenvalue weighted by Crippen LogP contribution is -2.00. The van der Waals surface area contributed by atoms with Gasteiger partial charge in [0, 0.05) is 82.5 Å². The third-order valence-corrected chi connectivity index (χ3v) is 15.4. The van der Waals surface area contributed by atoms with Crippen molar-refractivity contribution in [2.45, 2.75) is 0 Å². The third kappa shape index (κ3) is 6.26. The topological polar surface area (TPSA) is 58.4 Å². The molecule has 0 radical (unpaired) electrons. The molecule has 0 aliphatic carbocycles. The maximum atomic E-state index is 5.12. The molecule has 0 N–H and O–H groups in total. The Bertz CT molecular complexity index is 4900. The Balaban J connectivity index is 0.984. The summed E-state index contributed by atoms with van der Waals surface area (Å²) in [6.45, 7) is 0. The van der Waals surface area contributed by atoms with Gasteiger partial charge in [-0.2, -0.15) is 0 Å². The standard InChI is InChI=1S/C69H43N7/c1-5-19-44(20-6-1)67-70-68(45-21-7-2-8-22-45)72-69(71-67)46-33-35-49(36-34-46)76-65-52(38-41-61-63(65)54-28-14-17-31-58(54)74(61)48-25-11-4-12-26-48)53-39-42-62-64(66(53)76)55-29-15-18-32-59(55)75(62)50-37-40-60-56(43-50)51-27-13-16-30-57(51)73(60)47-23-9-3-10-24-47/h1-43H. The first kappa shape index (κ1) is 42.2. The zero-order valence-electron chi connectivity index (χ0n) is 41.0.